The van der Waals surface area contributed by atoms with E-state index in [-0.39, 0.29) is 6.10 Å². The Morgan fingerprint density at radius 2 is 2.31 bits per heavy atom. The molecule has 0 radical (unpaired) electrons. The van der Waals surface area contributed by atoms with Gasteiger partial charge in [-0.3, -0.25) is 4.90 Å². The van der Waals surface area contributed by atoms with Gasteiger partial charge in [-0.15, -0.1) is 0 Å². The van der Waals surface area contributed by atoms with Crippen molar-refractivity contribution in [1.82, 2.24) is 4.90 Å². The van der Waals surface area contributed by atoms with Crippen LogP contribution in [0, 0.1) is 0 Å². The summed E-state index contributed by atoms with van der Waals surface area (Å²) in [6.45, 7) is 2.84. The molecule has 0 aliphatic carbocycles. The average molecular weight is 221 g/mol. The first-order valence-corrected chi connectivity index (χ1v) is 5.61. The number of hydrogen-bond acceptors (Lipinski definition) is 4. The van der Waals surface area contributed by atoms with Crippen molar-refractivity contribution in [3.63, 3.8) is 0 Å². The molecule has 4 heteroatoms. The molecule has 0 saturated carbocycles. The van der Waals surface area contributed by atoms with Gasteiger partial charge >= 0.3 is 0 Å². The lowest BCUT2D eigenvalue weighted by Crippen LogP contribution is -2.21. The monoisotopic (exact) mass is 221 g/mol. The fourth-order valence-electron chi connectivity index (χ4n) is 2.31. The first-order chi connectivity index (χ1) is 7.83. The summed E-state index contributed by atoms with van der Waals surface area (Å²) in [6.07, 6.45) is 0.695. The van der Waals surface area contributed by atoms with E-state index >= 15 is 0 Å². The van der Waals surface area contributed by atoms with E-state index in [1.807, 2.05) is 12.1 Å². The van der Waals surface area contributed by atoms with E-state index in [0.717, 1.165) is 43.1 Å². The fraction of sp³-hybridized carbons (Fsp3) is 0.500. The summed E-state index contributed by atoms with van der Waals surface area (Å²) in [4.78, 5) is 2.24. The van der Waals surface area contributed by atoms with E-state index in [9.17, 15) is 5.11 Å². The van der Waals surface area contributed by atoms with E-state index in [2.05, 4.69) is 11.0 Å². The Morgan fingerprint density at radius 1 is 1.38 bits per heavy atom. The number of aliphatic hydroxyl groups excluding tert-OH is 1. The lowest BCUT2D eigenvalue weighted by atomic mass is 10.2. The molecule has 1 atom stereocenters. The molecule has 16 heavy (non-hydrogen) atoms. The third-order valence-corrected chi connectivity index (χ3v) is 3.12. The number of aliphatic hydroxyl groups is 1. The van der Waals surface area contributed by atoms with Gasteiger partial charge in [-0.2, -0.15) is 0 Å². The predicted octanol–water partition coefficient (Wildman–Crippen LogP) is 0.982. The van der Waals surface area contributed by atoms with Crippen molar-refractivity contribution < 1.29 is 14.6 Å². The third-order valence-electron chi connectivity index (χ3n) is 3.12. The lowest BCUT2D eigenvalue weighted by Gasteiger charge is -2.15. The van der Waals surface area contributed by atoms with Crippen LogP contribution in [0.4, 0.5) is 0 Å². The highest BCUT2D eigenvalue weighted by molar-refractivity contribution is 5.48. The summed E-state index contributed by atoms with van der Waals surface area (Å²) in [5, 5.41) is 9.47. The number of rotatable bonds is 2. The van der Waals surface area contributed by atoms with Crippen LogP contribution in [-0.2, 0) is 6.54 Å². The first kappa shape index (κ1) is 9.93. The molecule has 1 saturated heterocycles. The van der Waals surface area contributed by atoms with Crippen molar-refractivity contribution in [2.24, 2.45) is 0 Å². The molecule has 3 rings (SSSR count). The molecule has 2 heterocycles. The summed E-state index contributed by atoms with van der Waals surface area (Å²) < 4.78 is 10.8. The largest absolute Gasteiger partial charge is 0.454 e. The zero-order valence-electron chi connectivity index (χ0n) is 9.06. The molecule has 0 spiro atoms. The Kier molecular flexibility index (Phi) is 2.46. The van der Waals surface area contributed by atoms with E-state index in [0.29, 0.717) is 6.79 Å². The second kappa shape index (κ2) is 3.96. The standard InChI is InChI=1S/C12H15NO3/c14-10-4-5-13(7-10)6-9-2-1-3-11-12(9)16-8-15-11/h1-3,10,14H,4-8H2/t10-/m1/s1. The highest BCUT2D eigenvalue weighted by Gasteiger charge is 2.23. The SMILES string of the molecule is O[C@@H]1CCN(Cc2cccc3c2OCO3)C1. The van der Waals surface area contributed by atoms with Crippen LogP contribution in [0.25, 0.3) is 0 Å². The van der Waals surface area contributed by atoms with Crippen molar-refractivity contribution in [2.75, 3.05) is 19.9 Å². The van der Waals surface area contributed by atoms with Gasteiger partial charge in [-0.1, -0.05) is 12.1 Å². The molecule has 4 nitrogen and oxygen atoms in total. The van der Waals surface area contributed by atoms with Crippen molar-refractivity contribution in [3.8, 4) is 11.5 Å². The molecule has 1 fully saturated rings. The Labute approximate surface area is 94.4 Å². The molecule has 86 valence electrons. The van der Waals surface area contributed by atoms with Gasteiger partial charge in [0.1, 0.15) is 0 Å². The van der Waals surface area contributed by atoms with Gasteiger partial charge in [0.25, 0.3) is 0 Å². The van der Waals surface area contributed by atoms with Crippen LogP contribution < -0.4 is 9.47 Å². The number of fused-ring (bicyclic) bond motifs is 1. The van der Waals surface area contributed by atoms with Gasteiger partial charge in [0, 0.05) is 25.2 Å². The van der Waals surface area contributed by atoms with E-state index in [4.69, 9.17) is 9.47 Å². The average Bonchev–Trinajstić information content (AvgIpc) is 2.87. The summed E-state index contributed by atoms with van der Waals surface area (Å²) in [5.41, 5.74) is 1.14. The van der Waals surface area contributed by atoms with Crippen LogP contribution in [0.2, 0.25) is 0 Å². The quantitative estimate of drug-likeness (QED) is 0.808. The Bertz CT molecular complexity index is 394. The summed E-state index contributed by atoms with van der Waals surface area (Å²) in [7, 11) is 0. The highest BCUT2D eigenvalue weighted by atomic mass is 16.7. The third kappa shape index (κ3) is 1.74. The Morgan fingerprint density at radius 3 is 3.12 bits per heavy atom. The molecular formula is C12H15NO3. The molecule has 0 aromatic heterocycles. The van der Waals surface area contributed by atoms with Crippen LogP contribution in [0.15, 0.2) is 18.2 Å². The Balaban J connectivity index is 1.77. The number of nitrogens with zero attached hydrogens (tertiary/aromatic N) is 1. The van der Waals surface area contributed by atoms with Crippen molar-refractivity contribution >= 4 is 0 Å². The van der Waals surface area contributed by atoms with Gasteiger partial charge < -0.3 is 14.6 Å². The van der Waals surface area contributed by atoms with Gasteiger partial charge in [-0.25, -0.2) is 0 Å². The normalized spacial score (nSPS) is 23.9. The molecule has 0 unspecified atom stereocenters. The number of benzene rings is 1. The van der Waals surface area contributed by atoms with Crippen LogP contribution >= 0.6 is 0 Å². The summed E-state index contributed by atoms with van der Waals surface area (Å²) in [6, 6.07) is 5.96. The van der Waals surface area contributed by atoms with E-state index < -0.39 is 0 Å². The number of ether oxygens (including phenoxy) is 2. The van der Waals surface area contributed by atoms with E-state index in [1.165, 1.54) is 0 Å². The van der Waals surface area contributed by atoms with E-state index in [1.54, 1.807) is 0 Å². The van der Waals surface area contributed by atoms with Gasteiger partial charge in [0.2, 0.25) is 6.79 Å². The molecule has 2 aliphatic heterocycles. The zero-order chi connectivity index (χ0) is 11.0. The van der Waals surface area contributed by atoms with Crippen LogP contribution in [0.3, 0.4) is 0 Å². The van der Waals surface area contributed by atoms with Crippen molar-refractivity contribution in [1.29, 1.82) is 0 Å². The molecular weight excluding hydrogens is 206 g/mol. The molecule has 1 aromatic carbocycles. The predicted molar refractivity (Wildman–Crippen MR) is 58.5 cm³/mol. The minimum absolute atomic E-state index is 0.172. The van der Waals surface area contributed by atoms with Crippen LogP contribution in [0.1, 0.15) is 12.0 Å². The van der Waals surface area contributed by atoms with Gasteiger partial charge in [0.15, 0.2) is 11.5 Å². The second-order valence-corrected chi connectivity index (χ2v) is 4.33. The summed E-state index contributed by atoms with van der Waals surface area (Å²) in [5.74, 6) is 1.70. The molecule has 1 aromatic rings. The molecule has 2 aliphatic rings. The lowest BCUT2D eigenvalue weighted by molar-refractivity contribution is 0.168. The smallest absolute Gasteiger partial charge is 0.231 e. The first-order valence-electron chi connectivity index (χ1n) is 5.61. The topological polar surface area (TPSA) is 41.9 Å². The molecule has 0 amide bonds. The zero-order valence-corrected chi connectivity index (χ0v) is 9.06. The van der Waals surface area contributed by atoms with Gasteiger partial charge in [0.05, 0.1) is 6.10 Å². The van der Waals surface area contributed by atoms with Crippen molar-refractivity contribution in [3.05, 3.63) is 23.8 Å². The maximum Gasteiger partial charge on any atom is 0.231 e. The maximum absolute atomic E-state index is 9.47. The fourth-order valence-corrected chi connectivity index (χ4v) is 2.31. The summed E-state index contributed by atoms with van der Waals surface area (Å²) >= 11 is 0. The van der Waals surface area contributed by atoms with Crippen molar-refractivity contribution in [2.45, 2.75) is 19.1 Å². The number of β-amino-alcohol motifs (C(OH)–C–C–N with tert-alkyl or cyclic N) is 1. The number of para-hydroxylation sites is 1. The van der Waals surface area contributed by atoms with Crippen LogP contribution in [0.5, 0.6) is 11.5 Å². The highest BCUT2D eigenvalue weighted by Crippen LogP contribution is 2.36. The minimum atomic E-state index is -0.172. The Hall–Kier alpha value is -1.26. The maximum atomic E-state index is 9.47. The number of likely N-dealkylation sites (tertiary alicyclic amines) is 1. The van der Waals surface area contributed by atoms with Crippen LogP contribution in [-0.4, -0.2) is 36.0 Å². The minimum Gasteiger partial charge on any atom is -0.454 e. The molecule has 0 bridgehead atoms. The number of hydrogen-bond donors (Lipinski definition) is 1. The molecule has 1 N–H and O–H groups in total. The van der Waals surface area contributed by atoms with Gasteiger partial charge in [-0.05, 0) is 12.5 Å². The second-order valence-electron chi connectivity index (χ2n) is 4.33.